The topological polar surface area (TPSA) is 47.4 Å². The Hall–Kier alpha value is -3.12. The number of nitrogens with zero attached hydrogens (tertiary/aromatic N) is 3. The van der Waals surface area contributed by atoms with Crippen molar-refractivity contribution in [1.82, 2.24) is 14.7 Å². The number of hydrogen-bond donors (Lipinski definition) is 0. The third-order valence-corrected chi connectivity index (χ3v) is 7.26. The molecule has 1 saturated heterocycles. The third kappa shape index (κ3) is 3.51. The van der Waals surface area contributed by atoms with Gasteiger partial charge in [-0.15, -0.1) is 11.3 Å². The number of methoxy groups -OCH3 is 1. The molecule has 2 aromatic heterocycles. The van der Waals surface area contributed by atoms with Crippen molar-refractivity contribution in [1.29, 1.82) is 0 Å². The van der Waals surface area contributed by atoms with Gasteiger partial charge in [0.05, 0.1) is 23.4 Å². The number of thiophene rings is 1. The number of rotatable bonds is 4. The maximum atomic E-state index is 13.3. The van der Waals surface area contributed by atoms with Crippen LogP contribution in [-0.2, 0) is 0 Å². The van der Waals surface area contributed by atoms with E-state index in [1.165, 1.54) is 16.9 Å². The normalized spacial score (nSPS) is 16.2. The van der Waals surface area contributed by atoms with Crippen LogP contribution in [0.5, 0.6) is 5.75 Å². The summed E-state index contributed by atoms with van der Waals surface area (Å²) in [4.78, 5) is 17.1. The fraction of sp³-hybridized carbons (Fsp3) is 0.280. The number of carbonyl (C=O) groups excluding carboxylic acids is 1. The molecule has 158 valence electrons. The molecule has 5 rings (SSSR count). The minimum atomic E-state index is 0.118. The summed E-state index contributed by atoms with van der Waals surface area (Å²) in [6, 6.07) is 18.4. The zero-order valence-electron chi connectivity index (χ0n) is 18.0. The van der Waals surface area contributed by atoms with Crippen LogP contribution in [0.3, 0.4) is 0 Å². The number of likely N-dealkylation sites (tertiary alicyclic amines) is 1. The van der Waals surface area contributed by atoms with Crippen LogP contribution < -0.4 is 4.74 Å². The van der Waals surface area contributed by atoms with Gasteiger partial charge in [-0.25, -0.2) is 4.68 Å². The van der Waals surface area contributed by atoms with Gasteiger partial charge < -0.3 is 9.64 Å². The Morgan fingerprint density at radius 1 is 1.13 bits per heavy atom. The number of fused-ring (bicyclic) bond motifs is 1. The molecule has 0 N–H and O–H groups in total. The predicted octanol–water partition coefficient (Wildman–Crippen LogP) is 5.34. The number of aryl methyl sites for hydroxylation is 2. The molecule has 1 atom stereocenters. The van der Waals surface area contributed by atoms with Crippen LogP contribution in [0.15, 0.2) is 54.6 Å². The largest absolute Gasteiger partial charge is 0.497 e. The van der Waals surface area contributed by atoms with E-state index in [1.807, 2.05) is 46.8 Å². The molecule has 1 aliphatic rings. The molecule has 0 radical (unpaired) electrons. The molecule has 0 bridgehead atoms. The molecule has 2 aromatic carbocycles. The number of amides is 1. The lowest BCUT2D eigenvalue weighted by Crippen LogP contribution is -2.27. The number of carbonyl (C=O) groups is 1. The van der Waals surface area contributed by atoms with Gasteiger partial charge in [-0.2, -0.15) is 5.10 Å². The molecule has 1 fully saturated rings. The summed E-state index contributed by atoms with van der Waals surface area (Å²) in [6.07, 6.45) is 0.985. The van der Waals surface area contributed by atoms with Crippen LogP contribution in [0.2, 0.25) is 0 Å². The summed E-state index contributed by atoms with van der Waals surface area (Å²) in [5.41, 5.74) is 4.43. The first-order valence-electron chi connectivity index (χ1n) is 10.5. The lowest BCUT2D eigenvalue weighted by Gasteiger charge is -2.16. The van der Waals surface area contributed by atoms with Crippen molar-refractivity contribution in [2.45, 2.75) is 26.2 Å². The Morgan fingerprint density at radius 2 is 1.90 bits per heavy atom. The predicted molar refractivity (Wildman–Crippen MR) is 125 cm³/mol. The minimum absolute atomic E-state index is 0.118. The Labute approximate surface area is 185 Å². The van der Waals surface area contributed by atoms with Gasteiger partial charge >= 0.3 is 0 Å². The van der Waals surface area contributed by atoms with Crippen molar-refractivity contribution in [2.24, 2.45) is 0 Å². The van der Waals surface area contributed by atoms with E-state index < -0.39 is 0 Å². The van der Waals surface area contributed by atoms with Crippen molar-refractivity contribution in [2.75, 3.05) is 20.2 Å². The van der Waals surface area contributed by atoms with Crippen molar-refractivity contribution >= 4 is 27.5 Å². The maximum Gasteiger partial charge on any atom is 0.264 e. The van der Waals surface area contributed by atoms with E-state index in [-0.39, 0.29) is 5.91 Å². The SMILES string of the molecule is COc1ccc(C2CCN(C(=O)c3cc4c(C)nn(-c5ccccc5C)c4s3)C2)cc1. The highest BCUT2D eigenvalue weighted by molar-refractivity contribution is 7.20. The highest BCUT2D eigenvalue weighted by Gasteiger charge is 2.29. The summed E-state index contributed by atoms with van der Waals surface area (Å²) in [7, 11) is 1.68. The number of benzene rings is 2. The lowest BCUT2D eigenvalue weighted by molar-refractivity contribution is 0.0795. The average molecular weight is 432 g/mol. The van der Waals surface area contributed by atoms with Gasteiger partial charge in [-0.3, -0.25) is 4.79 Å². The van der Waals surface area contributed by atoms with Crippen molar-refractivity contribution in [3.63, 3.8) is 0 Å². The molecule has 31 heavy (non-hydrogen) atoms. The number of hydrogen-bond acceptors (Lipinski definition) is 4. The van der Waals surface area contributed by atoms with E-state index in [0.29, 0.717) is 5.92 Å². The molecule has 0 saturated carbocycles. The monoisotopic (exact) mass is 431 g/mol. The molecule has 1 unspecified atom stereocenters. The standard InChI is InChI=1S/C25H25N3O2S/c1-16-6-4-5-7-22(16)28-25-21(17(2)26-28)14-23(31-25)24(29)27-13-12-19(15-27)18-8-10-20(30-3)11-9-18/h4-11,14,19H,12-13,15H2,1-3H3. The fourth-order valence-electron chi connectivity index (χ4n) is 4.37. The maximum absolute atomic E-state index is 13.3. The molecule has 4 aromatic rings. The Kier molecular flexibility index (Phi) is 5.02. The summed E-state index contributed by atoms with van der Waals surface area (Å²) in [5, 5.41) is 5.79. The van der Waals surface area contributed by atoms with Gasteiger partial charge in [0.25, 0.3) is 5.91 Å². The number of para-hydroxylation sites is 1. The van der Waals surface area contributed by atoms with Crippen LogP contribution in [0.25, 0.3) is 15.9 Å². The Balaban J connectivity index is 1.40. The van der Waals surface area contributed by atoms with Crippen LogP contribution in [0.4, 0.5) is 0 Å². The number of aromatic nitrogens is 2. The molecule has 1 amide bonds. The summed E-state index contributed by atoms with van der Waals surface area (Å²) in [5.74, 6) is 1.35. The molecule has 3 heterocycles. The van der Waals surface area contributed by atoms with Crippen molar-refractivity contribution < 1.29 is 9.53 Å². The van der Waals surface area contributed by atoms with Crippen LogP contribution in [-0.4, -0.2) is 40.8 Å². The van der Waals surface area contributed by atoms with E-state index in [2.05, 4.69) is 31.2 Å². The molecule has 0 aliphatic carbocycles. The van der Waals surface area contributed by atoms with Crippen molar-refractivity contribution in [3.05, 3.63) is 76.3 Å². The summed E-state index contributed by atoms with van der Waals surface area (Å²) in [6.45, 7) is 5.63. The second kappa shape index (κ2) is 7.85. The van der Waals surface area contributed by atoms with Crippen LogP contribution in [0, 0.1) is 13.8 Å². The molecule has 1 aliphatic heterocycles. The van der Waals surface area contributed by atoms with E-state index in [9.17, 15) is 4.79 Å². The third-order valence-electron chi connectivity index (χ3n) is 6.16. The summed E-state index contributed by atoms with van der Waals surface area (Å²) >= 11 is 1.54. The average Bonchev–Trinajstić information content (AvgIpc) is 3.51. The molecule has 6 heteroatoms. The molecule has 0 spiro atoms. The number of ether oxygens (including phenoxy) is 1. The first-order chi connectivity index (χ1) is 15.0. The lowest BCUT2D eigenvalue weighted by atomic mass is 9.98. The van der Waals surface area contributed by atoms with E-state index in [0.717, 1.165) is 57.3 Å². The van der Waals surface area contributed by atoms with Gasteiger partial charge in [0.1, 0.15) is 10.6 Å². The Bertz CT molecular complexity index is 1260. The highest BCUT2D eigenvalue weighted by atomic mass is 32.1. The minimum Gasteiger partial charge on any atom is -0.497 e. The molecular formula is C25H25N3O2S. The molecular weight excluding hydrogens is 406 g/mol. The van der Waals surface area contributed by atoms with E-state index in [4.69, 9.17) is 9.84 Å². The second-order valence-corrected chi connectivity index (χ2v) is 9.15. The van der Waals surface area contributed by atoms with Crippen molar-refractivity contribution in [3.8, 4) is 11.4 Å². The summed E-state index contributed by atoms with van der Waals surface area (Å²) < 4.78 is 7.24. The highest BCUT2D eigenvalue weighted by Crippen LogP contribution is 2.34. The van der Waals surface area contributed by atoms with Crippen LogP contribution in [0.1, 0.15) is 38.8 Å². The zero-order chi connectivity index (χ0) is 21.5. The van der Waals surface area contributed by atoms with Gasteiger partial charge in [0.15, 0.2) is 0 Å². The Morgan fingerprint density at radius 3 is 2.65 bits per heavy atom. The second-order valence-electron chi connectivity index (χ2n) is 8.12. The first kappa shape index (κ1) is 19.8. The van der Waals surface area contributed by atoms with E-state index >= 15 is 0 Å². The fourth-order valence-corrected chi connectivity index (χ4v) is 5.51. The molecule has 5 nitrogen and oxygen atoms in total. The zero-order valence-corrected chi connectivity index (χ0v) is 18.8. The van der Waals surface area contributed by atoms with Gasteiger partial charge in [-0.05, 0) is 55.7 Å². The van der Waals surface area contributed by atoms with E-state index in [1.54, 1.807) is 7.11 Å². The van der Waals surface area contributed by atoms with Gasteiger partial charge in [-0.1, -0.05) is 30.3 Å². The quantitative estimate of drug-likeness (QED) is 0.438. The smallest absolute Gasteiger partial charge is 0.264 e. The van der Waals surface area contributed by atoms with Gasteiger partial charge in [0, 0.05) is 24.4 Å². The van der Waals surface area contributed by atoms with Crippen LogP contribution >= 0.6 is 11.3 Å². The van der Waals surface area contributed by atoms with Gasteiger partial charge in [0.2, 0.25) is 0 Å². The first-order valence-corrected chi connectivity index (χ1v) is 11.3.